The van der Waals surface area contributed by atoms with E-state index >= 15 is 0 Å². The van der Waals surface area contributed by atoms with E-state index in [9.17, 15) is 40.3 Å². The summed E-state index contributed by atoms with van der Waals surface area (Å²) in [4.78, 5) is 29.8. The van der Waals surface area contributed by atoms with Crippen molar-refractivity contribution in [2.75, 3.05) is 5.73 Å². The fourth-order valence-electron chi connectivity index (χ4n) is 5.66. The number of anilines is 1. The molecule has 0 bridgehead atoms. The van der Waals surface area contributed by atoms with Gasteiger partial charge in [-0.3, -0.25) is 24.4 Å². The smallest absolute Gasteiger partial charge is 0.397 e. The standard InChI is InChI=1S/C29H25F7N8O2/c1-13-18(2-3-22(38)44(13)27(39)46)20-10-17(37)11-40-24(20)21(8-14-6-15(30)9-16(31)7-14)41-23(45)12-43-26-19(4-5-28(26,32)33)25(42-43)29(34,35)36/h2-3,6-7,9-11,21,38H,4-5,8,12,37H2,1H3,(H2,39,46)(H,41,45). The summed E-state index contributed by atoms with van der Waals surface area (Å²) >= 11 is 0. The Morgan fingerprint density at radius 3 is 2.41 bits per heavy atom. The van der Waals surface area contributed by atoms with E-state index in [4.69, 9.17) is 16.9 Å². The van der Waals surface area contributed by atoms with Gasteiger partial charge in [0.05, 0.1) is 23.6 Å². The summed E-state index contributed by atoms with van der Waals surface area (Å²) < 4.78 is 99.7. The van der Waals surface area contributed by atoms with Gasteiger partial charge in [0.1, 0.15) is 29.4 Å². The lowest BCUT2D eigenvalue weighted by molar-refractivity contribution is -0.142. The summed E-state index contributed by atoms with van der Waals surface area (Å²) in [6, 6.07) is 4.44. The van der Waals surface area contributed by atoms with Crippen molar-refractivity contribution in [3.63, 3.8) is 0 Å². The number of halogens is 7. The molecule has 242 valence electrons. The molecule has 0 saturated heterocycles. The second-order valence-electron chi connectivity index (χ2n) is 10.7. The highest BCUT2D eigenvalue weighted by molar-refractivity contribution is 5.80. The second kappa shape index (κ2) is 11.6. The van der Waals surface area contributed by atoms with Crippen LogP contribution in [0.15, 0.2) is 42.6 Å². The predicted octanol–water partition coefficient (Wildman–Crippen LogP) is 4.48. The van der Waals surface area contributed by atoms with Crippen molar-refractivity contribution in [2.24, 2.45) is 5.73 Å². The van der Waals surface area contributed by atoms with Gasteiger partial charge in [-0.15, -0.1) is 0 Å². The third-order valence-corrected chi connectivity index (χ3v) is 7.50. The van der Waals surface area contributed by atoms with Crippen LogP contribution in [0.2, 0.25) is 0 Å². The number of nitrogens with one attached hydrogen (secondary N) is 2. The third kappa shape index (κ3) is 6.16. The summed E-state index contributed by atoms with van der Waals surface area (Å²) in [7, 11) is 0. The van der Waals surface area contributed by atoms with Crippen LogP contribution in [-0.2, 0) is 36.3 Å². The van der Waals surface area contributed by atoms with Crippen molar-refractivity contribution in [1.82, 2.24) is 24.6 Å². The maximum absolute atomic E-state index is 14.7. The molecule has 1 aliphatic carbocycles. The molecule has 1 aromatic carbocycles. The molecule has 0 fully saturated rings. The van der Waals surface area contributed by atoms with Crippen LogP contribution in [0, 0.1) is 24.0 Å². The largest absolute Gasteiger partial charge is 0.435 e. The van der Waals surface area contributed by atoms with Crippen molar-refractivity contribution >= 4 is 17.6 Å². The number of alkyl halides is 5. The first-order valence-electron chi connectivity index (χ1n) is 13.6. The highest BCUT2D eigenvalue weighted by Crippen LogP contribution is 2.46. The average Bonchev–Trinajstić information content (AvgIpc) is 3.45. The zero-order valence-corrected chi connectivity index (χ0v) is 23.9. The van der Waals surface area contributed by atoms with Gasteiger partial charge in [0.15, 0.2) is 5.69 Å². The first kappa shape index (κ1) is 32.2. The first-order valence-corrected chi connectivity index (χ1v) is 13.6. The van der Waals surface area contributed by atoms with E-state index in [0.29, 0.717) is 10.7 Å². The number of aromatic nitrogens is 4. The van der Waals surface area contributed by atoms with E-state index in [0.717, 1.165) is 16.7 Å². The minimum atomic E-state index is -5.05. The second-order valence-corrected chi connectivity index (χ2v) is 10.7. The molecule has 5 rings (SSSR count). The predicted molar refractivity (Wildman–Crippen MR) is 148 cm³/mol. The fraction of sp³-hybridized carbons (Fsp3) is 0.276. The number of hydrogen-bond acceptors (Lipinski definition) is 6. The highest BCUT2D eigenvalue weighted by Gasteiger charge is 2.50. The topological polar surface area (TPSA) is 158 Å². The Morgan fingerprint density at radius 1 is 1.11 bits per heavy atom. The molecule has 4 aromatic rings. The van der Waals surface area contributed by atoms with Crippen LogP contribution < -0.4 is 22.3 Å². The number of nitrogens with two attached hydrogens (primary N) is 2. The van der Waals surface area contributed by atoms with Crippen molar-refractivity contribution in [2.45, 2.75) is 50.9 Å². The van der Waals surface area contributed by atoms with Gasteiger partial charge >= 0.3 is 12.2 Å². The zero-order valence-electron chi connectivity index (χ0n) is 23.9. The molecule has 10 nitrogen and oxygen atoms in total. The van der Waals surface area contributed by atoms with E-state index in [2.05, 4.69) is 15.4 Å². The van der Waals surface area contributed by atoms with Crippen LogP contribution >= 0.6 is 0 Å². The van der Waals surface area contributed by atoms with Gasteiger partial charge in [-0.25, -0.2) is 13.6 Å². The molecular formula is C29H25F7N8O2. The molecular weight excluding hydrogens is 625 g/mol. The van der Waals surface area contributed by atoms with E-state index in [1.54, 1.807) is 0 Å². The van der Waals surface area contributed by atoms with Gasteiger partial charge in [-0.05, 0) is 55.7 Å². The molecule has 1 atom stereocenters. The number of hydrogen-bond donors (Lipinski definition) is 4. The van der Waals surface area contributed by atoms with Crippen molar-refractivity contribution < 1.29 is 40.3 Å². The number of fused-ring (bicyclic) bond motifs is 1. The van der Waals surface area contributed by atoms with Crippen LogP contribution in [0.5, 0.6) is 0 Å². The normalized spacial score (nSPS) is 14.6. The number of benzene rings is 1. The summed E-state index contributed by atoms with van der Waals surface area (Å²) in [6.45, 7) is 0.415. The first-order chi connectivity index (χ1) is 21.5. The number of carbonyl (C=O) groups is 2. The van der Waals surface area contributed by atoms with Crippen molar-refractivity contribution in [1.29, 1.82) is 5.41 Å². The molecule has 2 amide bonds. The van der Waals surface area contributed by atoms with Crippen LogP contribution in [0.3, 0.4) is 0 Å². The Morgan fingerprint density at radius 2 is 1.78 bits per heavy atom. The van der Waals surface area contributed by atoms with Gasteiger partial charge in [0, 0.05) is 34.9 Å². The minimum absolute atomic E-state index is 0.0241. The van der Waals surface area contributed by atoms with Crippen LogP contribution in [0.4, 0.5) is 41.2 Å². The lowest BCUT2D eigenvalue weighted by Crippen LogP contribution is -2.35. The molecule has 0 saturated carbocycles. The highest BCUT2D eigenvalue weighted by atomic mass is 19.4. The maximum Gasteiger partial charge on any atom is 0.435 e. The van der Waals surface area contributed by atoms with Gasteiger partial charge in [-0.1, -0.05) is 0 Å². The molecule has 1 unspecified atom stereocenters. The number of primary amides is 1. The third-order valence-electron chi connectivity index (χ3n) is 7.50. The van der Waals surface area contributed by atoms with Crippen LogP contribution in [-0.4, -0.2) is 31.3 Å². The summed E-state index contributed by atoms with van der Waals surface area (Å²) in [6.07, 6.45) is -5.66. The number of carbonyl (C=O) groups excluding carboxylic acids is 2. The lowest BCUT2D eigenvalue weighted by Gasteiger charge is -2.23. The Bertz CT molecular complexity index is 1910. The Balaban J connectivity index is 1.60. The molecule has 3 heterocycles. The number of amides is 2. The quantitative estimate of drug-likeness (QED) is 0.217. The van der Waals surface area contributed by atoms with E-state index in [-0.39, 0.29) is 45.7 Å². The average molecular weight is 651 g/mol. The maximum atomic E-state index is 14.7. The molecule has 46 heavy (non-hydrogen) atoms. The van der Waals surface area contributed by atoms with Gasteiger partial charge in [-0.2, -0.15) is 27.1 Å². The minimum Gasteiger partial charge on any atom is -0.397 e. The number of pyridine rings is 2. The van der Waals surface area contributed by atoms with E-state index in [1.807, 2.05) is 0 Å². The van der Waals surface area contributed by atoms with Gasteiger partial charge < -0.3 is 16.8 Å². The molecule has 0 spiro atoms. The molecule has 0 radical (unpaired) electrons. The molecule has 3 aromatic heterocycles. The monoisotopic (exact) mass is 650 g/mol. The van der Waals surface area contributed by atoms with E-state index in [1.165, 1.54) is 31.3 Å². The lowest BCUT2D eigenvalue weighted by atomic mass is 9.94. The molecule has 6 N–H and O–H groups in total. The summed E-state index contributed by atoms with van der Waals surface area (Å²) in [5, 5.41) is 13.9. The summed E-state index contributed by atoms with van der Waals surface area (Å²) in [5.41, 5.74) is 8.77. The number of rotatable bonds is 7. The Kier molecular flexibility index (Phi) is 8.12. The molecule has 0 aliphatic heterocycles. The van der Waals surface area contributed by atoms with E-state index < -0.39 is 78.1 Å². The van der Waals surface area contributed by atoms with Crippen LogP contribution in [0.25, 0.3) is 11.1 Å². The molecule has 1 aliphatic rings. The fourth-order valence-corrected chi connectivity index (χ4v) is 5.66. The number of nitrogens with zero attached hydrogens (tertiary/aromatic N) is 4. The molecule has 17 heteroatoms. The van der Waals surface area contributed by atoms with Crippen LogP contribution in [0.1, 0.15) is 46.4 Å². The zero-order chi connectivity index (χ0) is 33.7. The SMILES string of the molecule is Cc1c(-c2cc(N)cnc2C(Cc2cc(F)cc(F)c2)NC(=O)Cn2nc(C(F)(F)F)c3c2C(F)(F)CC3)ccc(=N)n1C(N)=O. The van der Waals surface area contributed by atoms with Crippen molar-refractivity contribution in [3.05, 3.63) is 93.6 Å². The Hall–Kier alpha value is -5.22. The van der Waals surface area contributed by atoms with Gasteiger partial charge in [0.25, 0.3) is 5.92 Å². The summed E-state index contributed by atoms with van der Waals surface area (Å²) in [5.74, 6) is -6.63. The Labute approximate surface area is 255 Å². The van der Waals surface area contributed by atoms with Crippen molar-refractivity contribution in [3.8, 4) is 11.1 Å². The van der Waals surface area contributed by atoms with Gasteiger partial charge in [0.2, 0.25) is 5.91 Å². The number of nitrogen functional groups attached to an aromatic ring is 1.